The monoisotopic (exact) mass is 674 g/mol. The molecule has 1 fully saturated rings. The van der Waals surface area contributed by atoms with E-state index in [1.165, 1.54) is 0 Å². The van der Waals surface area contributed by atoms with E-state index in [2.05, 4.69) is 55.1 Å². The van der Waals surface area contributed by atoms with Crippen LogP contribution in [-0.2, 0) is 43.5 Å². The molecule has 252 valence electrons. The maximum Gasteiger partial charge on any atom is 0.163 e. The topological polar surface area (TPSA) is 55.4 Å². The van der Waals surface area contributed by atoms with E-state index >= 15 is 0 Å². The van der Waals surface area contributed by atoms with Crippen LogP contribution in [0.25, 0.3) is 5.76 Å². The molecule has 1 heterocycles. The first kappa shape index (κ1) is 34.5. The van der Waals surface area contributed by atoms with E-state index in [0.717, 1.165) is 32.9 Å². The van der Waals surface area contributed by atoms with Gasteiger partial charge in [0.2, 0.25) is 0 Å². The molecule has 6 nitrogen and oxygen atoms in total. The van der Waals surface area contributed by atoms with E-state index in [1.807, 2.05) is 97.1 Å². The number of hydrogen-bond acceptors (Lipinski definition) is 7. The van der Waals surface area contributed by atoms with E-state index in [0.29, 0.717) is 32.2 Å². The first-order chi connectivity index (χ1) is 24.2. The average Bonchev–Trinajstić information content (AvgIpc) is 3.16. The molecule has 6 rings (SSSR count). The summed E-state index contributed by atoms with van der Waals surface area (Å²) in [6.07, 6.45) is -2.11. The Bertz CT molecular complexity index is 1690. The summed E-state index contributed by atoms with van der Waals surface area (Å²) in [5.74, 6) is 1.26. The highest BCUT2D eigenvalue weighted by molar-refractivity contribution is 7.99. The summed E-state index contributed by atoms with van der Waals surface area (Å²) in [7, 11) is 1.65. The molecular weight excluding hydrogens is 633 g/mol. The fourth-order valence-corrected chi connectivity index (χ4v) is 6.79. The predicted molar refractivity (Wildman–Crippen MR) is 194 cm³/mol. The first-order valence-corrected chi connectivity index (χ1v) is 17.3. The second kappa shape index (κ2) is 17.9. The van der Waals surface area contributed by atoms with E-state index in [-0.39, 0.29) is 0 Å². The Morgan fingerprint density at radius 3 is 1.67 bits per heavy atom. The molecule has 5 aromatic carbocycles. The molecular formula is C42H42O6S. The van der Waals surface area contributed by atoms with Gasteiger partial charge < -0.3 is 28.4 Å². The lowest BCUT2D eigenvalue weighted by Crippen LogP contribution is -2.60. The van der Waals surface area contributed by atoms with Crippen molar-refractivity contribution in [1.82, 2.24) is 0 Å². The minimum Gasteiger partial charge on any atom is -0.497 e. The van der Waals surface area contributed by atoms with Gasteiger partial charge in [-0.2, -0.15) is 0 Å². The van der Waals surface area contributed by atoms with Crippen LogP contribution < -0.4 is 4.74 Å². The van der Waals surface area contributed by atoms with Crippen LogP contribution in [0.4, 0.5) is 0 Å². The van der Waals surface area contributed by atoms with Crippen molar-refractivity contribution >= 4 is 17.5 Å². The third kappa shape index (κ3) is 9.85. The summed E-state index contributed by atoms with van der Waals surface area (Å²) in [5.41, 5.74) is 3.55. The highest BCUT2D eigenvalue weighted by atomic mass is 32.2. The van der Waals surface area contributed by atoms with Gasteiger partial charge in [0.05, 0.1) is 33.5 Å². The van der Waals surface area contributed by atoms with Gasteiger partial charge in [0.15, 0.2) is 6.10 Å². The molecule has 0 aliphatic carbocycles. The van der Waals surface area contributed by atoms with Crippen molar-refractivity contribution in [2.45, 2.75) is 54.6 Å². The second-order valence-electron chi connectivity index (χ2n) is 11.7. The summed E-state index contributed by atoms with van der Waals surface area (Å²) in [6.45, 7) is 5.83. The Morgan fingerprint density at radius 2 is 1.12 bits per heavy atom. The van der Waals surface area contributed by atoms with Gasteiger partial charge in [0, 0.05) is 10.5 Å². The van der Waals surface area contributed by atoms with Crippen molar-refractivity contribution in [3.05, 3.63) is 174 Å². The van der Waals surface area contributed by atoms with Gasteiger partial charge in [0.1, 0.15) is 35.3 Å². The second-order valence-corrected chi connectivity index (χ2v) is 12.9. The molecule has 1 aliphatic heterocycles. The molecule has 0 bridgehead atoms. The van der Waals surface area contributed by atoms with E-state index in [1.54, 1.807) is 18.9 Å². The molecule has 0 saturated carbocycles. The average molecular weight is 675 g/mol. The van der Waals surface area contributed by atoms with E-state index in [9.17, 15) is 0 Å². The van der Waals surface area contributed by atoms with Gasteiger partial charge in [0.25, 0.3) is 0 Å². The summed E-state index contributed by atoms with van der Waals surface area (Å²) in [4.78, 5) is 1.05. The SMILES string of the molecule is C=C(O[C@@H]1[C@@H](OCc2ccccc2)[C@H](OCc2ccccc2)[C@@H](COCc2ccccc2)O[C@H]1Sc1ccccc1)c1ccc(OC)cc1. The van der Waals surface area contributed by atoms with Crippen LogP contribution in [0.2, 0.25) is 0 Å². The van der Waals surface area contributed by atoms with Gasteiger partial charge in [-0.3, -0.25) is 0 Å². The van der Waals surface area contributed by atoms with Crippen molar-refractivity contribution in [2.75, 3.05) is 13.7 Å². The quantitative estimate of drug-likeness (QED) is 0.0969. The zero-order valence-corrected chi connectivity index (χ0v) is 28.5. The van der Waals surface area contributed by atoms with Crippen LogP contribution in [0, 0.1) is 0 Å². The van der Waals surface area contributed by atoms with Gasteiger partial charge in [-0.15, -0.1) is 0 Å². The number of thioether (sulfide) groups is 1. The third-order valence-corrected chi connectivity index (χ3v) is 9.40. The zero-order valence-electron chi connectivity index (χ0n) is 27.6. The number of hydrogen-bond donors (Lipinski definition) is 0. The fraction of sp³-hybridized carbons (Fsp3) is 0.238. The molecule has 0 radical (unpaired) electrons. The smallest absolute Gasteiger partial charge is 0.163 e. The Labute approximate surface area is 293 Å². The zero-order chi connectivity index (χ0) is 33.7. The molecule has 0 aromatic heterocycles. The van der Waals surface area contributed by atoms with Crippen molar-refractivity contribution in [3.8, 4) is 5.75 Å². The number of rotatable bonds is 16. The highest BCUT2D eigenvalue weighted by Gasteiger charge is 2.49. The molecule has 0 spiro atoms. The van der Waals surface area contributed by atoms with E-state index < -0.39 is 29.9 Å². The third-order valence-electron chi connectivity index (χ3n) is 8.24. The summed E-state index contributed by atoms with van der Waals surface area (Å²) in [5, 5.41) is 0. The van der Waals surface area contributed by atoms with Crippen LogP contribution in [-0.4, -0.2) is 43.6 Å². The molecule has 5 atom stereocenters. The highest BCUT2D eigenvalue weighted by Crippen LogP contribution is 2.39. The van der Waals surface area contributed by atoms with Crippen LogP contribution in [0.5, 0.6) is 5.75 Å². The summed E-state index contributed by atoms with van der Waals surface area (Å²) in [6, 6.07) is 48.3. The lowest BCUT2D eigenvalue weighted by molar-refractivity contribution is -0.241. The molecule has 0 unspecified atom stereocenters. The van der Waals surface area contributed by atoms with Crippen LogP contribution >= 0.6 is 11.8 Å². The Hall–Kier alpha value is -4.37. The van der Waals surface area contributed by atoms with Crippen LogP contribution in [0.3, 0.4) is 0 Å². The first-order valence-electron chi connectivity index (χ1n) is 16.5. The molecule has 1 saturated heterocycles. The number of benzene rings is 5. The maximum absolute atomic E-state index is 6.94. The predicted octanol–water partition coefficient (Wildman–Crippen LogP) is 8.96. The van der Waals surface area contributed by atoms with Crippen molar-refractivity contribution in [1.29, 1.82) is 0 Å². The molecule has 0 amide bonds. The largest absolute Gasteiger partial charge is 0.497 e. The molecule has 5 aromatic rings. The molecule has 7 heteroatoms. The molecule has 49 heavy (non-hydrogen) atoms. The normalized spacial score (nSPS) is 20.4. The van der Waals surface area contributed by atoms with Gasteiger partial charge in [-0.25, -0.2) is 0 Å². The summed E-state index contributed by atoms with van der Waals surface area (Å²) >= 11 is 1.59. The Balaban J connectivity index is 1.34. The van der Waals surface area contributed by atoms with Gasteiger partial charge in [-0.05, 0) is 53.1 Å². The molecule has 0 N–H and O–H groups in total. The minimum atomic E-state index is -0.588. The van der Waals surface area contributed by atoms with Crippen molar-refractivity contribution in [2.24, 2.45) is 0 Å². The van der Waals surface area contributed by atoms with Crippen LogP contribution in [0.1, 0.15) is 22.3 Å². The van der Waals surface area contributed by atoms with Crippen molar-refractivity contribution < 1.29 is 28.4 Å². The maximum atomic E-state index is 6.94. The Kier molecular flexibility index (Phi) is 12.6. The lowest BCUT2D eigenvalue weighted by atomic mass is 9.98. The van der Waals surface area contributed by atoms with Crippen LogP contribution in [0.15, 0.2) is 157 Å². The van der Waals surface area contributed by atoms with Gasteiger partial charge >= 0.3 is 0 Å². The van der Waals surface area contributed by atoms with E-state index in [4.69, 9.17) is 28.4 Å². The summed E-state index contributed by atoms with van der Waals surface area (Å²) < 4.78 is 39.1. The standard InChI is InChI=1S/C42H42O6S/c1-31(35-23-25-36(43-2)26-24-35)47-41-40(46-29-34-19-11-5-12-20-34)39(45-28-33-17-9-4-10-18-33)38(30-44-27-32-15-7-3-8-16-32)48-42(41)49-37-21-13-6-14-22-37/h3-26,38-42H,1,27-30H2,2H3/t38-,39-,40+,41-,42+/m1/s1. The number of ether oxygens (including phenoxy) is 6. The van der Waals surface area contributed by atoms with Gasteiger partial charge in [-0.1, -0.05) is 128 Å². The minimum absolute atomic E-state index is 0.303. The lowest BCUT2D eigenvalue weighted by Gasteiger charge is -2.46. The fourth-order valence-electron chi connectivity index (χ4n) is 5.67. The molecule has 1 aliphatic rings. The Morgan fingerprint density at radius 1 is 0.612 bits per heavy atom. The van der Waals surface area contributed by atoms with Crippen molar-refractivity contribution in [3.63, 3.8) is 0 Å². The number of methoxy groups -OCH3 is 1.